The third kappa shape index (κ3) is 23.4. The van der Waals surface area contributed by atoms with Gasteiger partial charge in [-0.15, -0.1) is 0 Å². The molecule has 1 aliphatic rings. The minimum absolute atomic E-state index is 0.0536. The highest BCUT2D eigenvalue weighted by Crippen LogP contribution is 2.06. The fourth-order valence-electron chi connectivity index (χ4n) is 5.71. The van der Waals surface area contributed by atoms with Gasteiger partial charge in [-0.2, -0.15) is 0 Å². The summed E-state index contributed by atoms with van der Waals surface area (Å²) in [6.07, 6.45) is -1.68. The molecule has 0 aromatic carbocycles. The number of nitrogens with one attached hydrogen (secondary N) is 4. The standard InChI is InChI=1S/C33H54N8O17/c42-24(17-38-9-11-39(18-27(47)48)13-15-41(20-29(51)52)16-14-40(12-10-38)19-28(49)50)35-21(4-6-25(43)44)30(53)34-8-2-1-3-22(31(54)55)36-33(58)37-23(32(56)57)5-7-26(45)46/h21-23H,1-20H2,(H,34,53)(H,35,42)(H,43,44)(H,45,46)(H,47,48)(H,49,50)(H,51,52)(H,54,55)(H,56,57)(H2,36,37,58). The number of carboxylic acids is 7. The molecule has 0 bridgehead atoms. The number of rotatable bonds is 25. The number of amides is 4. The van der Waals surface area contributed by atoms with E-state index in [0.29, 0.717) is 0 Å². The van der Waals surface area contributed by atoms with Gasteiger partial charge >= 0.3 is 47.8 Å². The number of hydrogen-bond acceptors (Lipinski definition) is 14. The van der Waals surface area contributed by atoms with E-state index in [9.17, 15) is 78.6 Å². The molecule has 1 rings (SSSR count). The van der Waals surface area contributed by atoms with Gasteiger partial charge in [0.15, 0.2) is 0 Å². The van der Waals surface area contributed by atoms with Gasteiger partial charge in [-0.25, -0.2) is 14.4 Å². The molecule has 1 aliphatic heterocycles. The second kappa shape index (κ2) is 27.1. The zero-order valence-electron chi connectivity index (χ0n) is 31.9. The highest BCUT2D eigenvalue weighted by Gasteiger charge is 2.27. The Morgan fingerprint density at radius 3 is 1.16 bits per heavy atom. The van der Waals surface area contributed by atoms with E-state index in [2.05, 4.69) is 16.0 Å². The van der Waals surface area contributed by atoms with Crippen molar-refractivity contribution in [1.82, 2.24) is 40.9 Å². The number of carbonyl (C=O) groups is 10. The van der Waals surface area contributed by atoms with E-state index in [-0.39, 0.29) is 111 Å². The number of hydrogen-bond donors (Lipinski definition) is 11. The Bertz CT molecular complexity index is 1420. The summed E-state index contributed by atoms with van der Waals surface area (Å²) in [5.74, 6) is -10.3. The van der Waals surface area contributed by atoms with Crippen molar-refractivity contribution < 1.29 is 83.7 Å². The Morgan fingerprint density at radius 2 is 0.793 bits per heavy atom. The molecule has 25 heteroatoms. The van der Waals surface area contributed by atoms with Crippen LogP contribution in [0.4, 0.5) is 4.79 Å². The normalized spacial score (nSPS) is 16.6. The zero-order chi connectivity index (χ0) is 43.8. The predicted molar refractivity (Wildman–Crippen MR) is 196 cm³/mol. The van der Waals surface area contributed by atoms with Gasteiger partial charge in [0.05, 0.1) is 26.2 Å². The number of unbranched alkanes of at least 4 members (excludes halogenated alkanes) is 1. The molecule has 3 unspecified atom stereocenters. The van der Waals surface area contributed by atoms with Crippen LogP contribution in [0.25, 0.3) is 0 Å². The summed E-state index contributed by atoms with van der Waals surface area (Å²) in [7, 11) is 0. The lowest BCUT2D eigenvalue weighted by atomic mass is 10.1. The Kier molecular flexibility index (Phi) is 23.5. The van der Waals surface area contributed by atoms with Gasteiger partial charge in [0.2, 0.25) is 11.8 Å². The minimum atomic E-state index is -1.59. The second-order valence-corrected chi connectivity index (χ2v) is 13.5. The molecule has 58 heavy (non-hydrogen) atoms. The van der Waals surface area contributed by atoms with Crippen molar-refractivity contribution in [3.05, 3.63) is 0 Å². The predicted octanol–water partition coefficient (Wildman–Crippen LogP) is -3.83. The van der Waals surface area contributed by atoms with Crippen molar-refractivity contribution in [2.24, 2.45) is 0 Å². The average Bonchev–Trinajstić information content (AvgIpc) is 3.11. The SMILES string of the molecule is O=C(O)CCC(NC(=O)NC(CCCCNC(=O)C(CCC(=O)O)NC(=O)CN1CCN(CC(=O)O)CCN(CC(=O)O)CCN(CC(=O)O)CC1)C(=O)O)C(=O)O. The summed E-state index contributed by atoms with van der Waals surface area (Å²) in [4.78, 5) is 125. The highest BCUT2D eigenvalue weighted by molar-refractivity contribution is 5.89. The van der Waals surface area contributed by atoms with Crippen LogP contribution in [0.15, 0.2) is 0 Å². The molecule has 0 radical (unpaired) electrons. The third-order valence-electron chi connectivity index (χ3n) is 8.74. The zero-order valence-corrected chi connectivity index (χ0v) is 31.9. The van der Waals surface area contributed by atoms with Crippen LogP contribution in [-0.2, 0) is 43.2 Å². The smallest absolute Gasteiger partial charge is 0.326 e. The molecular weight excluding hydrogens is 780 g/mol. The van der Waals surface area contributed by atoms with Crippen LogP contribution in [-0.4, -0.2) is 218 Å². The molecule has 0 aromatic rings. The molecule has 1 fully saturated rings. The van der Waals surface area contributed by atoms with E-state index < -0.39 is 97.0 Å². The molecule has 0 saturated carbocycles. The number of aliphatic carboxylic acids is 7. The molecule has 328 valence electrons. The monoisotopic (exact) mass is 834 g/mol. The third-order valence-corrected chi connectivity index (χ3v) is 8.74. The van der Waals surface area contributed by atoms with Crippen molar-refractivity contribution in [3.8, 4) is 0 Å². The average molecular weight is 835 g/mol. The van der Waals surface area contributed by atoms with Gasteiger partial charge < -0.3 is 57.0 Å². The van der Waals surface area contributed by atoms with Crippen LogP contribution in [0.2, 0.25) is 0 Å². The van der Waals surface area contributed by atoms with E-state index in [1.165, 1.54) is 0 Å². The lowest BCUT2D eigenvalue weighted by molar-refractivity contribution is -0.141. The molecule has 1 heterocycles. The van der Waals surface area contributed by atoms with E-state index in [4.69, 9.17) is 5.11 Å². The first kappa shape index (κ1) is 50.4. The Morgan fingerprint density at radius 1 is 0.431 bits per heavy atom. The van der Waals surface area contributed by atoms with E-state index in [1.54, 1.807) is 19.6 Å². The van der Waals surface area contributed by atoms with Crippen LogP contribution < -0.4 is 21.3 Å². The summed E-state index contributed by atoms with van der Waals surface area (Å²) >= 11 is 0. The topological polar surface area (TPSA) is 373 Å². The molecule has 0 aliphatic carbocycles. The number of carbonyl (C=O) groups excluding carboxylic acids is 3. The molecule has 0 spiro atoms. The van der Waals surface area contributed by atoms with Crippen LogP contribution >= 0.6 is 0 Å². The van der Waals surface area contributed by atoms with Gasteiger partial charge in [-0.05, 0) is 32.1 Å². The maximum atomic E-state index is 13.3. The Hall–Kier alpha value is -5.66. The summed E-state index contributed by atoms with van der Waals surface area (Å²) in [5, 5.41) is 74.1. The number of nitrogens with zero attached hydrogens (tertiary/aromatic N) is 4. The van der Waals surface area contributed by atoms with Gasteiger partial charge in [-0.1, -0.05) is 0 Å². The van der Waals surface area contributed by atoms with Crippen molar-refractivity contribution in [3.63, 3.8) is 0 Å². The summed E-state index contributed by atoms with van der Waals surface area (Å²) in [5.41, 5.74) is 0. The molecule has 25 nitrogen and oxygen atoms in total. The maximum absolute atomic E-state index is 13.3. The van der Waals surface area contributed by atoms with Crippen LogP contribution in [0.3, 0.4) is 0 Å². The lowest BCUT2D eigenvalue weighted by Gasteiger charge is -2.33. The van der Waals surface area contributed by atoms with Gasteiger partial charge in [0, 0.05) is 71.7 Å². The van der Waals surface area contributed by atoms with Crippen LogP contribution in [0.1, 0.15) is 44.9 Å². The summed E-state index contributed by atoms with van der Waals surface area (Å²) in [6.45, 7) is -0.362. The van der Waals surface area contributed by atoms with Crippen molar-refractivity contribution in [1.29, 1.82) is 0 Å². The first-order chi connectivity index (χ1) is 27.2. The second-order valence-electron chi connectivity index (χ2n) is 13.5. The van der Waals surface area contributed by atoms with Crippen molar-refractivity contribution in [2.45, 2.75) is 63.1 Å². The van der Waals surface area contributed by atoms with Crippen molar-refractivity contribution >= 4 is 59.6 Å². The largest absolute Gasteiger partial charge is 0.481 e. The van der Waals surface area contributed by atoms with Gasteiger partial charge in [-0.3, -0.25) is 53.2 Å². The molecule has 4 amide bonds. The van der Waals surface area contributed by atoms with E-state index in [0.717, 1.165) is 0 Å². The summed E-state index contributed by atoms with van der Waals surface area (Å²) < 4.78 is 0. The molecular formula is C33H54N8O17. The first-order valence-electron chi connectivity index (χ1n) is 18.3. The Labute approximate surface area is 332 Å². The lowest BCUT2D eigenvalue weighted by Crippen LogP contribution is -2.52. The van der Waals surface area contributed by atoms with Crippen LogP contribution in [0, 0.1) is 0 Å². The molecule has 11 N–H and O–H groups in total. The number of urea groups is 1. The quantitative estimate of drug-likeness (QED) is 0.0392. The molecule has 3 atom stereocenters. The molecule has 1 saturated heterocycles. The van der Waals surface area contributed by atoms with Gasteiger partial charge in [0.25, 0.3) is 0 Å². The van der Waals surface area contributed by atoms with Crippen LogP contribution in [0.5, 0.6) is 0 Å². The van der Waals surface area contributed by atoms with E-state index >= 15 is 0 Å². The van der Waals surface area contributed by atoms with Gasteiger partial charge in [0.1, 0.15) is 18.1 Å². The maximum Gasteiger partial charge on any atom is 0.326 e. The Balaban J connectivity index is 2.90. The summed E-state index contributed by atoms with van der Waals surface area (Å²) in [6, 6.07) is -5.53. The molecule has 0 aromatic heterocycles. The van der Waals surface area contributed by atoms with Crippen molar-refractivity contribution in [2.75, 3.05) is 85.1 Å². The fourth-order valence-corrected chi connectivity index (χ4v) is 5.71. The number of carboxylic acid groups (broad SMARTS) is 7. The minimum Gasteiger partial charge on any atom is -0.481 e. The van der Waals surface area contributed by atoms with E-state index in [1.807, 2.05) is 5.32 Å². The fraction of sp³-hybridized carbons (Fsp3) is 0.697. The first-order valence-corrected chi connectivity index (χ1v) is 18.3. The highest BCUT2D eigenvalue weighted by atomic mass is 16.4.